The predicted molar refractivity (Wildman–Crippen MR) is 73.8 cm³/mol. The Morgan fingerprint density at radius 2 is 1.95 bits per heavy atom. The minimum Gasteiger partial charge on any atom is -0.482 e. The normalized spacial score (nSPS) is 10.3. The fourth-order valence-electron chi connectivity index (χ4n) is 1.54. The Labute approximate surface area is 123 Å². The van der Waals surface area contributed by atoms with E-state index in [-0.39, 0.29) is 23.1 Å². The van der Waals surface area contributed by atoms with Crippen molar-refractivity contribution >= 4 is 28.9 Å². The van der Waals surface area contributed by atoms with Gasteiger partial charge in [-0.3, -0.25) is 10.1 Å². The first-order chi connectivity index (χ1) is 9.47. The van der Waals surface area contributed by atoms with Crippen LogP contribution in [0.15, 0.2) is 36.4 Å². The summed E-state index contributed by atoms with van der Waals surface area (Å²) in [6.45, 7) is -0.0325. The smallest absolute Gasteiger partial charge is 0.311 e. The Hall–Kier alpha value is -1.85. The molecule has 0 aliphatic carbocycles. The van der Waals surface area contributed by atoms with Gasteiger partial charge in [0.05, 0.1) is 9.95 Å². The van der Waals surface area contributed by atoms with Gasteiger partial charge < -0.3 is 4.74 Å². The largest absolute Gasteiger partial charge is 0.482 e. The lowest BCUT2D eigenvalue weighted by atomic mass is 10.2. The van der Waals surface area contributed by atoms with Crippen LogP contribution in [0, 0.1) is 15.9 Å². The molecular weight excluding hydrogens is 308 g/mol. The third-order valence-corrected chi connectivity index (χ3v) is 3.04. The highest BCUT2D eigenvalue weighted by atomic mass is 35.5. The monoisotopic (exact) mass is 315 g/mol. The second-order valence-corrected chi connectivity index (χ2v) is 4.75. The van der Waals surface area contributed by atoms with Gasteiger partial charge in [0.2, 0.25) is 0 Å². The Kier molecular flexibility index (Phi) is 4.42. The van der Waals surface area contributed by atoms with Crippen molar-refractivity contribution in [2.75, 3.05) is 0 Å². The number of nitrogens with zero attached hydrogens (tertiary/aromatic N) is 1. The molecule has 2 rings (SSSR count). The zero-order chi connectivity index (χ0) is 14.7. The average Bonchev–Trinajstić information content (AvgIpc) is 2.40. The molecule has 0 aromatic heterocycles. The van der Waals surface area contributed by atoms with Crippen LogP contribution >= 0.6 is 23.2 Å². The maximum Gasteiger partial charge on any atom is 0.311 e. The predicted octanol–water partition coefficient (Wildman–Crippen LogP) is 4.62. The molecule has 0 bridgehead atoms. The zero-order valence-electron chi connectivity index (χ0n) is 9.98. The Morgan fingerprint density at radius 3 is 2.60 bits per heavy atom. The molecule has 7 heteroatoms. The number of ether oxygens (including phenoxy) is 1. The molecule has 0 N–H and O–H groups in total. The van der Waals surface area contributed by atoms with Crippen molar-refractivity contribution in [1.82, 2.24) is 0 Å². The third-order valence-electron chi connectivity index (χ3n) is 2.50. The molecule has 4 nitrogen and oxygen atoms in total. The zero-order valence-corrected chi connectivity index (χ0v) is 11.5. The van der Waals surface area contributed by atoms with Gasteiger partial charge in [0.15, 0.2) is 5.75 Å². The highest BCUT2D eigenvalue weighted by Crippen LogP contribution is 2.30. The summed E-state index contributed by atoms with van der Waals surface area (Å²) in [4.78, 5) is 10.3. The van der Waals surface area contributed by atoms with Crippen LogP contribution in [0.4, 0.5) is 10.1 Å². The van der Waals surface area contributed by atoms with Gasteiger partial charge in [-0.2, -0.15) is 0 Å². The molecule has 2 aromatic carbocycles. The third kappa shape index (κ3) is 3.37. The molecule has 0 aliphatic rings. The van der Waals surface area contributed by atoms with Crippen LogP contribution < -0.4 is 4.74 Å². The Balaban J connectivity index is 2.20. The number of benzene rings is 2. The van der Waals surface area contributed by atoms with Gasteiger partial charge in [-0.25, -0.2) is 4.39 Å². The minimum absolute atomic E-state index is 0.00230. The summed E-state index contributed by atoms with van der Waals surface area (Å²) < 4.78 is 18.6. The van der Waals surface area contributed by atoms with Gasteiger partial charge in [0, 0.05) is 17.2 Å². The summed E-state index contributed by atoms with van der Waals surface area (Å²) in [5.41, 5.74) is 0.296. The van der Waals surface area contributed by atoms with Crippen LogP contribution in [-0.4, -0.2) is 4.92 Å². The van der Waals surface area contributed by atoms with Gasteiger partial charge in [-0.1, -0.05) is 29.3 Å². The topological polar surface area (TPSA) is 52.4 Å². The van der Waals surface area contributed by atoms with Crippen molar-refractivity contribution in [2.45, 2.75) is 6.61 Å². The molecule has 0 unspecified atom stereocenters. The number of nitro groups is 1. The molecular formula is C13H8Cl2FNO3. The van der Waals surface area contributed by atoms with E-state index < -0.39 is 10.7 Å². The SMILES string of the molecule is O=[N+]([O-])c1ccc(Cl)cc1OCc1ccc(Cl)c(F)c1. The molecule has 104 valence electrons. The second kappa shape index (κ2) is 6.07. The first-order valence-corrected chi connectivity index (χ1v) is 6.23. The lowest BCUT2D eigenvalue weighted by Gasteiger charge is -2.07. The van der Waals surface area contributed by atoms with Crippen molar-refractivity contribution in [3.8, 4) is 5.75 Å². The molecule has 0 radical (unpaired) electrons. The molecule has 0 amide bonds. The van der Waals surface area contributed by atoms with Crippen LogP contribution in [0.2, 0.25) is 10.0 Å². The number of hydrogen-bond donors (Lipinski definition) is 0. The first kappa shape index (κ1) is 14.6. The van der Waals surface area contributed by atoms with E-state index in [1.165, 1.54) is 30.3 Å². The molecule has 0 fully saturated rings. The summed E-state index contributed by atoms with van der Waals surface area (Å²) in [6.07, 6.45) is 0. The van der Waals surface area contributed by atoms with Gasteiger partial charge in [0.25, 0.3) is 0 Å². The highest BCUT2D eigenvalue weighted by Gasteiger charge is 2.15. The van der Waals surface area contributed by atoms with E-state index in [1.54, 1.807) is 6.07 Å². The maximum absolute atomic E-state index is 13.3. The number of hydrogen-bond acceptors (Lipinski definition) is 3. The van der Waals surface area contributed by atoms with Crippen molar-refractivity contribution in [2.24, 2.45) is 0 Å². The summed E-state index contributed by atoms with van der Waals surface area (Å²) in [5, 5.41) is 11.2. The van der Waals surface area contributed by atoms with E-state index in [1.807, 2.05) is 0 Å². The van der Waals surface area contributed by atoms with Crippen LogP contribution in [0.25, 0.3) is 0 Å². The molecule has 0 spiro atoms. The van der Waals surface area contributed by atoms with E-state index in [0.29, 0.717) is 10.6 Å². The lowest BCUT2D eigenvalue weighted by Crippen LogP contribution is -1.99. The van der Waals surface area contributed by atoms with Crippen molar-refractivity contribution in [3.05, 3.63) is 67.9 Å². The molecule has 0 saturated carbocycles. The van der Waals surface area contributed by atoms with Crippen LogP contribution in [-0.2, 0) is 6.61 Å². The molecule has 2 aromatic rings. The van der Waals surface area contributed by atoms with Crippen molar-refractivity contribution in [3.63, 3.8) is 0 Å². The highest BCUT2D eigenvalue weighted by molar-refractivity contribution is 6.31. The fraction of sp³-hybridized carbons (Fsp3) is 0.0769. The maximum atomic E-state index is 13.3. The molecule has 0 heterocycles. The van der Waals surface area contributed by atoms with Crippen LogP contribution in [0.5, 0.6) is 5.75 Å². The summed E-state index contributed by atoms with van der Waals surface area (Å²) >= 11 is 11.3. The standard InChI is InChI=1S/C13H8Cl2FNO3/c14-9-2-4-12(17(18)19)13(6-9)20-7-8-1-3-10(15)11(16)5-8/h1-6H,7H2. The summed E-state index contributed by atoms with van der Waals surface area (Å²) in [7, 11) is 0. The van der Waals surface area contributed by atoms with Crippen LogP contribution in [0.1, 0.15) is 5.56 Å². The quantitative estimate of drug-likeness (QED) is 0.611. The Morgan fingerprint density at radius 1 is 1.20 bits per heavy atom. The fourth-order valence-corrected chi connectivity index (χ4v) is 1.82. The average molecular weight is 316 g/mol. The van der Waals surface area contributed by atoms with E-state index in [2.05, 4.69) is 0 Å². The molecule has 0 atom stereocenters. The van der Waals surface area contributed by atoms with Crippen molar-refractivity contribution in [1.29, 1.82) is 0 Å². The van der Waals surface area contributed by atoms with E-state index >= 15 is 0 Å². The number of rotatable bonds is 4. The number of nitro benzene ring substituents is 1. The first-order valence-electron chi connectivity index (χ1n) is 5.48. The van der Waals surface area contributed by atoms with Gasteiger partial charge in [-0.15, -0.1) is 0 Å². The summed E-state index contributed by atoms with van der Waals surface area (Å²) in [6, 6.07) is 8.16. The number of halogens is 3. The second-order valence-electron chi connectivity index (χ2n) is 3.91. The summed E-state index contributed by atoms with van der Waals surface area (Å²) in [5.74, 6) is -0.550. The Bertz CT molecular complexity index is 664. The molecule has 20 heavy (non-hydrogen) atoms. The van der Waals surface area contributed by atoms with E-state index in [0.717, 1.165) is 0 Å². The van der Waals surface area contributed by atoms with Crippen molar-refractivity contribution < 1.29 is 14.1 Å². The van der Waals surface area contributed by atoms with E-state index in [4.69, 9.17) is 27.9 Å². The van der Waals surface area contributed by atoms with Gasteiger partial charge in [0.1, 0.15) is 12.4 Å². The minimum atomic E-state index is -0.576. The van der Waals surface area contributed by atoms with Gasteiger partial charge in [-0.05, 0) is 23.8 Å². The van der Waals surface area contributed by atoms with E-state index in [9.17, 15) is 14.5 Å². The molecule has 0 aliphatic heterocycles. The van der Waals surface area contributed by atoms with Gasteiger partial charge >= 0.3 is 5.69 Å². The molecule has 0 saturated heterocycles. The van der Waals surface area contributed by atoms with Crippen LogP contribution in [0.3, 0.4) is 0 Å². The lowest BCUT2D eigenvalue weighted by molar-refractivity contribution is -0.385.